The van der Waals surface area contributed by atoms with Crippen molar-refractivity contribution >= 4 is 23.4 Å². The summed E-state index contributed by atoms with van der Waals surface area (Å²) in [5.41, 5.74) is 2.58. The predicted octanol–water partition coefficient (Wildman–Crippen LogP) is 4.19. The molecule has 5 rings (SSSR count). The van der Waals surface area contributed by atoms with Crippen LogP contribution < -0.4 is 10.2 Å². The number of nitrogens with one attached hydrogen (secondary N) is 1. The molecule has 1 atom stereocenters. The summed E-state index contributed by atoms with van der Waals surface area (Å²) in [5.74, 6) is -1.20. The number of rotatable bonds is 5. The summed E-state index contributed by atoms with van der Waals surface area (Å²) in [6.45, 7) is 1.82. The lowest BCUT2D eigenvalue weighted by atomic mass is 10.0. The fourth-order valence-electron chi connectivity index (χ4n) is 4.24. The van der Waals surface area contributed by atoms with E-state index in [1.54, 1.807) is 48.3 Å². The summed E-state index contributed by atoms with van der Waals surface area (Å²) in [6, 6.07) is 16.7. The van der Waals surface area contributed by atoms with Gasteiger partial charge in [0.25, 0.3) is 17.7 Å². The standard InChI is InChI=1S/C27H21FN4O3/c1-16-5-3-4-6-22(16)32-26(34)20-12-9-18(15-21(20)27(32)35)25(33)30-23(24-29-13-14-31(24)2)17-7-10-19(28)11-8-17/h3-15,23H,1-2H3,(H,30,33). The summed E-state index contributed by atoms with van der Waals surface area (Å²) in [5, 5.41) is 2.93. The van der Waals surface area contributed by atoms with Gasteiger partial charge in [-0.05, 0) is 54.4 Å². The molecule has 1 aliphatic heterocycles. The van der Waals surface area contributed by atoms with Gasteiger partial charge in [0.05, 0.1) is 16.8 Å². The zero-order chi connectivity index (χ0) is 24.7. The SMILES string of the molecule is Cc1ccccc1N1C(=O)c2ccc(C(=O)NC(c3ccc(F)cc3)c3nccn3C)cc2C1=O. The Morgan fingerprint density at radius 2 is 1.69 bits per heavy atom. The van der Waals surface area contributed by atoms with Crippen LogP contribution in [0.1, 0.15) is 54.1 Å². The lowest BCUT2D eigenvalue weighted by Crippen LogP contribution is -2.31. The second kappa shape index (κ2) is 8.64. The lowest BCUT2D eigenvalue weighted by molar-refractivity contribution is 0.0922. The van der Waals surface area contributed by atoms with Crippen molar-refractivity contribution in [2.45, 2.75) is 13.0 Å². The van der Waals surface area contributed by atoms with Crippen molar-refractivity contribution in [2.24, 2.45) is 7.05 Å². The molecule has 0 saturated carbocycles. The first-order valence-corrected chi connectivity index (χ1v) is 11.0. The van der Waals surface area contributed by atoms with Crippen LogP contribution in [0.3, 0.4) is 0 Å². The van der Waals surface area contributed by atoms with Crippen LogP contribution >= 0.6 is 0 Å². The van der Waals surface area contributed by atoms with E-state index in [2.05, 4.69) is 10.3 Å². The van der Waals surface area contributed by atoms with E-state index in [0.717, 1.165) is 10.5 Å². The molecule has 0 spiro atoms. The summed E-state index contributed by atoms with van der Waals surface area (Å²) in [6.07, 6.45) is 3.36. The number of imidazole rings is 1. The highest BCUT2D eigenvalue weighted by Gasteiger charge is 2.38. The van der Waals surface area contributed by atoms with Gasteiger partial charge < -0.3 is 9.88 Å². The number of hydrogen-bond acceptors (Lipinski definition) is 4. The second-order valence-corrected chi connectivity index (χ2v) is 8.35. The molecule has 7 nitrogen and oxygen atoms in total. The summed E-state index contributed by atoms with van der Waals surface area (Å²) < 4.78 is 15.3. The van der Waals surface area contributed by atoms with E-state index in [1.807, 2.05) is 19.1 Å². The van der Waals surface area contributed by atoms with Crippen molar-refractivity contribution < 1.29 is 18.8 Å². The van der Waals surface area contributed by atoms with Crippen LogP contribution in [0.25, 0.3) is 0 Å². The van der Waals surface area contributed by atoms with E-state index in [9.17, 15) is 18.8 Å². The van der Waals surface area contributed by atoms with Gasteiger partial charge in [0.1, 0.15) is 17.7 Å². The molecule has 174 valence electrons. The van der Waals surface area contributed by atoms with E-state index in [4.69, 9.17) is 0 Å². The quantitative estimate of drug-likeness (QED) is 0.445. The van der Waals surface area contributed by atoms with Gasteiger partial charge in [-0.3, -0.25) is 14.4 Å². The van der Waals surface area contributed by atoms with Gasteiger partial charge in [-0.25, -0.2) is 14.3 Å². The second-order valence-electron chi connectivity index (χ2n) is 8.35. The largest absolute Gasteiger partial charge is 0.338 e. The Hall–Kier alpha value is -4.59. The van der Waals surface area contributed by atoms with Crippen molar-refractivity contribution in [3.63, 3.8) is 0 Å². The molecule has 0 aliphatic carbocycles. The Morgan fingerprint density at radius 1 is 0.971 bits per heavy atom. The minimum absolute atomic E-state index is 0.168. The first-order chi connectivity index (χ1) is 16.8. The number of anilines is 1. The lowest BCUT2D eigenvalue weighted by Gasteiger charge is -2.19. The molecule has 1 aromatic heterocycles. The van der Waals surface area contributed by atoms with Gasteiger partial charge in [0.15, 0.2) is 0 Å². The molecule has 0 radical (unpaired) electrons. The Balaban J connectivity index is 1.47. The zero-order valence-corrected chi connectivity index (χ0v) is 19.0. The van der Waals surface area contributed by atoms with Gasteiger partial charge in [0.2, 0.25) is 0 Å². The van der Waals surface area contributed by atoms with Gasteiger partial charge in [-0.1, -0.05) is 30.3 Å². The van der Waals surface area contributed by atoms with Crippen LogP contribution in [0, 0.1) is 12.7 Å². The minimum atomic E-state index is -0.655. The summed E-state index contributed by atoms with van der Waals surface area (Å²) in [4.78, 5) is 44.9. The molecule has 1 unspecified atom stereocenters. The first kappa shape index (κ1) is 22.2. The number of fused-ring (bicyclic) bond motifs is 1. The van der Waals surface area contributed by atoms with Crippen molar-refractivity contribution in [3.8, 4) is 0 Å². The number of aryl methyl sites for hydroxylation is 2. The number of carbonyl (C=O) groups excluding carboxylic acids is 3. The molecule has 1 aliphatic rings. The minimum Gasteiger partial charge on any atom is -0.338 e. The molecular formula is C27H21FN4O3. The zero-order valence-electron chi connectivity index (χ0n) is 19.0. The smallest absolute Gasteiger partial charge is 0.266 e. The highest BCUT2D eigenvalue weighted by molar-refractivity contribution is 6.35. The van der Waals surface area contributed by atoms with E-state index >= 15 is 0 Å². The molecule has 1 N–H and O–H groups in total. The molecule has 0 fully saturated rings. The van der Waals surface area contributed by atoms with E-state index in [-0.39, 0.29) is 16.7 Å². The molecular weight excluding hydrogens is 447 g/mol. The highest BCUT2D eigenvalue weighted by atomic mass is 19.1. The molecule has 0 saturated heterocycles. The average Bonchev–Trinajstić information content (AvgIpc) is 3.39. The number of halogens is 1. The van der Waals surface area contributed by atoms with Crippen LogP contribution in [0.2, 0.25) is 0 Å². The molecule has 8 heteroatoms. The van der Waals surface area contributed by atoms with E-state index in [1.165, 1.54) is 30.3 Å². The fraction of sp³-hybridized carbons (Fsp3) is 0.111. The van der Waals surface area contributed by atoms with Crippen LogP contribution in [-0.2, 0) is 7.05 Å². The van der Waals surface area contributed by atoms with Gasteiger partial charge >= 0.3 is 0 Å². The monoisotopic (exact) mass is 468 g/mol. The van der Waals surface area contributed by atoms with Crippen molar-refractivity contribution in [2.75, 3.05) is 4.90 Å². The summed E-state index contributed by atoms with van der Waals surface area (Å²) in [7, 11) is 1.80. The maximum atomic E-state index is 13.5. The van der Waals surface area contributed by atoms with Crippen molar-refractivity contribution in [1.29, 1.82) is 0 Å². The molecule has 2 heterocycles. The Bertz CT molecular complexity index is 1480. The van der Waals surface area contributed by atoms with Gasteiger partial charge in [-0.2, -0.15) is 0 Å². The number of nitrogens with zero attached hydrogens (tertiary/aromatic N) is 3. The molecule has 0 bridgehead atoms. The maximum Gasteiger partial charge on any atom is 0.266 e. The summed E-state index contributed by atoms with van der Waals surface area (Å²) >= 11 is 0. The number of aromatic nitrogens is 2. The Morgan fingerprint density at radius 3 is 2.37 bits per heavy atom. The molecule has 35 heavy (non-hydrogen) atoms. The van der Waals surface area contributed by atoms with Crippen LogP contribution in [0.4, 0.5) is 10.1 Å². The number of amides is 3. The third-order valence-corrected chi connectivity index (χ3v) is 6.10. The fourth-order valence-corrected chi connectivity index (χ4v) is 4.24. The molecule has 4 aromatic rings. The van der Waals surface area contributed by atoms with Gasteiger partial charge in [0, 0.05) is 25.0 Å². The number of hydrogen-bond donors (Lipinski definition) is 1. The number of para-hydroxylation sites is 1. The maximum absolute atomic E-state index is 13.5. The highest BCUT2D eigenvalue weighted by Crippen LogP contribution is 2.31. The Labute approximate surface area is 200 Å². The first-order valence-electron chi connectivity index (χ1n) is 11.0. The number of carbonyl (C=O) groups is 3. The third-order valence-electron chi connectivity index (χ3n) is 6.10. The van der Waals surface area contributed by atoms with E-state index < -0.39 is 29.6 Å². The number of benzene rings is 3. The van der Waals surface area contributed by atoms with Crippen molar-refractivity contribution in [1.82, 2.24) is 14.9 Å². The van der Waals surface area contributed by atoms with Crippen LogP contribution in [0.5, 0.6) is 0 Å². The third kappa shape index (κ3) is 3.89. The van der Waals surface area contributed by atoms with Crippen molar-refractivity contribution in [3.05, 3.63) is 119 Å². The van der Waals surface area contributed by atoms with E-state index in [0.29, 0.717) is 17.1 Å². The molecule has 3 aromatic carbocycles. The van der Waals surface area contributed by atoms with Crippen LogP contribution in [0.15, 0.2) is 79.1 Å². The average molecular weight is 468 g/mol. The van der Waals surface area contributed by atoms with Gasteiger partial charge in [-0.15, -0.1) is 0 Å². The predicted molar refractivity (Wildman–Crippen MR) is 128 cm³/mol. The normalized spacial score (nSPS) is 13.6. The number of imide groups is 1. The molecule has 3 amide bonds. The Kier molecular flexibility index (Phi) is 5.49. The topological polar surface area (TPSA) is 84.3 Å². The van der Waals surface area contributed by atoms with Crippen LogP contribution in [-0.4, -0.2) is 27.3 Å².